The average Bonchev–Trinajstić information content (AvgIpc) is 2.63. The SMILES string of the molecule is COc1ccc2c(OC/C=C(\C)CCC=C(C)C)c(OC(C)=O)c(=O)[nH]c2c1. The van der Waals surface area contributed by atoms with Crippen molar-refractivity contribution in [2.75, 3.05) is 13.7 Å². The average molecular weight is 385 g/mol. The zero-order valence-electron chi connectivity index (χ0n) is 17.0. The molecule has 0 amide bonds. The first-order chi connectivity index (χ1) is 13.3. The summed E-state index contributed by atoms with van der Waals surface area (Å²) in [5.41, 5.74) is 2.48. The number of carbonyl (C=O) groups is 1. The topological polar surface area (TPSA) is 77.6 Å². The number of ether oxygens (including phenoxy) is 3. The third-order valence-electron chi connectivity index (χ3n) is 4.13. The maximum atomic E-state index is 12.4. The number of H-pyrrole nitrogens is 1. The fraction of sp³-hybridized carbons (Fsp3) is 0.364. The predicted molar refractivity (Wildman–Crippen MR) is 110 cm³/mol. The van der Waals surface area contributed by atoms with E-state index in [-0.39, 0.29) is 18.1 Å². The summed E-state index contributed by atoms with van der Waals surface area (Å²) in [7, 11) is 1.55. The van der Waals surface area contributed by atoms with Gasteiger partial charge in [0, 0.05) is 18.4 Å². The molecule has 0 saturated heterocycles. The molecule has 6 heteroatoms. The molecule has 0 atom stereocenters. The zero-order chi connectivity index (χ0) is 20.7. The highest BCUT2D eigenvalue weighted by atomic mass is 16.6. The molecular formula is C22H27NO5. The molecule has 0 saturated carbocycles. The molecule has 2 aromatic rings. The van der Waals surface area contributed by atoms with E-state index >= 15 is 0 Å². The second-order valence-electron chi connectivity index (χ2n) is 6.80. The first-order valence-electron chi connectivity index (χ1n) is 9.16. The number of pyridine rings is 1. The van der Waals surface area contributed by atoms with Gasteiger partial charge in [0.1, 0.15) is 12.4 Å². The van der Waals surface area contributed by atoms with Crippen LogP contribution >= 0.6 is 0 Å². The van der Waals surface area contributed by atoms with Crippen molar-refractivity contribution in [3.05, 3.63) is 51.9 Å². The number of aromatic amines is 1. The molecule has 2 rings (SSSR count). The molecule has 0 aliphatic carbocycles. The minimum Gasteiger partial charge on any atom is -0.497 e. The number of allylic oxidation sites excluding steroid dienone is 3. The van der Waals surface area contributed by atoms with Gasteiger partial charge in [-0.1, -0.05) is 17.2 Å². The van der Waals surface area contributed by atoms with Crippen LogP contribution in [0.15, 0.2) is 46.3 Å². The minimum absolute atomic E-state index is 0.138. The van der Waals surface area contributed by atoms with Crippen molar-refractivity contribution in [1.82, 2.24) is 4.98 Å². The van der Waals surface area contributed by atoms with Crippen molar-refractivity contribution >= 4 is 16.9 Å². The van der Waals surface area contributed by atoms with E-state index in [4.69, 9.17) is 14.2 Å². The van der Waals surface area contributed by atoms with Crippen LogP contribution in [0.4, 0.5) is 0 Å². The lowest BCUT2D eigenvalue weighted by atomic mass is 10.1. The highest BCUT2D eigenvalue weighted by molar-refractivity contribution is 5.89. The van der Waals surface area contributed by atoms with E-state index in [1.807, 2.05) is 13.0 Å². The van der Waals surface area contributed by atoms with Gasteiger partial charge in [-0.3, -0.25) is 9.59 Å². The van der Waals surface area contributed by atoms with Crippen LogP contribution in [-0.4, -0.2) is 24.7 Å². The molecule has 0 fully saturated rings. The largest absolute Gasteiger partial charge is 0.497 e. The first kappa shape index (κ1) is 21.3. The highest BCUT2D eigenvalue weighted by Crippen LogP contribution is 2.33. The molecule has 1 aromatic carbocycles. The molecule has 0 radical (unpaired) electrons. The van der Waals surface area contributed by atoms with Crippen molar-refractivity contribution in [3.63, 3.8) is 0 Å². The Kier molecular flexibility index (Phi) is 7.44. The van der Waals surface area contributed by atoms with Gasteiger partial charge < -0.3 is 19.2 Å². The predicted octanol–water partition coefficient (Wildman–Crippen LogP) is 4.53. The Hall–Kier alpha value is -3.02. The molecular weight excluding hydrogens is 358 g/mol. The summed E-state index contributed by atoms with van der Waals surface area (Å²) >= 11 is 0. The zero-order valence-corrected chi connectivity index (χ0v) is 17.0. The van der Waals surface area contributed by atoms with Crippen LogP contribution in [0.3, 0.4) is 0 Å². The molecule has 0 unspecified atom stereocenters. The van der Waals surface area contributed by atoms with Crippen LogP contribution in [0.25, 0.3) is 10.9 Å². The van der Waals surface area contributed by atoms with Crippen LogP contribution in [0.2, 0.25) is 0 Å². The monoisotopic (exact) mass is 385 g/mol. The molecule has 0 spiro atoms. The molecule has 1 N–H and O–H groups in total. The van der Waals surface area contributed by atoms with Crippen molar-refractivity contribution in [2.24, 2.45) is 0 Å². The summed E-state index contributed by atoms with van der Waals surface area (Å²) in [6.45, 7) is 7.70. The number of aromatic nitrogens is 1. The van der Waals surface area contributed by atoms with Crippen LogP contribution in [0, 0.1) is 0 Å². The summed E-state index contributed by atoms with van der Waals surface area (Å²) in [6.07, 6.45) is 6.05. The smallest absolute Gasteiger partial charge is 0.308 e. The van der Waals surface area contributed by atoms with Crippen molar-refractivity contribution < 1.29 is 19.0 Å². The van der Waals surface area contributed by atoms with E-state index in [0.29, 0.717) is 16.7 Å². The summed E-state index contributed by atoms with van der Waals surface area (Å²) in [5, 5.41) is 0.632. The van der Waals surface area contributed by atoms with Crippen molar-refractivity contribution in [3.8, 4) is 17.2 Å². The number of benzene rings is 1. The first-order valence-corrected chi connectivity index (χ1v) is 9.16. The molecule has 28 heavy (non-hydrogen) atoms. The second-order valence-corrected chi connectivity index (χ2v) is 6.80. The summed E-state index contributed by atoms with van der Waals surface area (Å²) in [5.74, 6) is 0.117. The normalized spacial score (nSPS) is 11.2. The van der Waals surface area contributed by atoms with Crippen molar-refractivity contribution in [1.29, 1.82) is 0 Å². The minimum atomic E-state index is -0.586. The Labute approximate surface area is 164 Å². The lowest BCUT2D eigenvalue weighted by Crippen LogP contribution is -2.16. The van der Waals surface area contributed by atoms with Crippen molar-refractivity contribution in [2.45, 2.75) is 40.5 Å². The van der Waals surface area contributed by atoms with Crippen LogP contribution in [0.1, 0.15) is 40.5 Å². The van der Waals surface area contributed by atoms with E-state index < -0.39 is 11.5 Å². The van der Waals surface area contributed by atoms with E-state index in [0.717, 1.165) is 12.8 Å². The second kappa shape index (κ2) is 9.78. The van der Waals surface area contributed by atoms with E-state index in [1.165, 1.54) is 18.1 Å². The number of esters is 1. The Morgan fingerprint density at radius 3 is 2.50 bits per heavy atom. The molecule has 1 aromatic heterocycles. The quantitative estimate of drug-likeness (QED) is 0.533. The van der Waals surface area contributed by atoms with E-state index in [9.17, 15) is 9.59 Å². The number of fused-ring (bicyclic) bond motifs is 1. The third kappa shape index (κ3) is 5.74. The van der Waals surface area contributed by atoms with Gasteiger partial charge in [-0.05, 0) is 51.8 Å². The van der Waals surface area contributed by atoms with E-state index in [2.05, 4.69) is 24.9 Å². The molecule has 0 bridgehead atoms. The van der Waals surface area contributed by atoms with Gasteiger partial charge in [0.2, 0.25) is 5.75 Å². The fourth-order valence-corrected chi connectivity index (χ4v) is 2.69. The maximum absolute atomic E-state index is 12.4. The van der Waals surface area contributed by atoms with Gasteiger partial charge in [-0.15, -0.1) is 0 Å². The number of nitrogens with one attached hydrogen (secondary N) is 1. The summed E-state index contributed by atoms with van der Waals surface area (Å²) in [6, 6.07) is 5.21. The number of carbonyl (C=O) groups excluding carboxylic acids is 1. The Balaban J connectivity index is 2.33. The van der Waals surface area contributed by atoms with E-state index in [1.54, 1.807) is 25.3 Å². The van der Waals surface area contributed by atoms with Gasteiger partial charge in [0.05, 0.1) is 12.6 Å². The van der Waals surface area contributed by atoms with Gasteiger partial charge in [0.25, 0.3) is 5.56 Å². The number of methoxy groups -OCH3 is 1. The Morgan fingerprint density at radius 2 is 1.86 bits per heavy atom. The number of rotatable bonds is 8. The standard InChI is InChI=1S/C22H27NO5/c1-14(2)7-6-8-15(3)11-12-27-20-18-10-9-17(26-5)13-19(18)23-22(25)21(20)28-16(4)24/h7,9-11,13H,6,8,12H2,1-5H3,(H,23,25)/b15-11+. The Morgan fingerprint density at radius 1 is 1.11 bits per heavy atom. The lowest BCUT2D eigenvalue weighted by molar-refractivity contribution is -0.132. The number of hydrogen-bond donors (Lipinski definition) is 1. The van der Waals surface area contributed by atoms with Gasteiger partial charge in [0.15, 0.2) is 5.75 Å². The lowest BCUT2D eigenvalue weighted by Gasteiger charge is -2.13. The summed E-state index contributed by atoms with van der Waals surface area (Å²) < 4.78 is 16.2. The maximum Gasteiger partial charge on any atom is 0.308 e. The summed E-state index contributed by atoms with van der Waals surface area (Å²) in [4.78, 5) is 26.6. The molecule has 6 nitrogen and oxygen atoms in total. The van der Waals surface area contributed by atoms with Gasteiger partial charge >= 0.3 is 5.97 Å². The third-order valence-corrected chi connectivity index (χ3v) is 4.13. The Bertz CT molecular complexity index is 965. The number of hydrogen-bond acceptors (Lipinski definition) is 5. The van der Waals surface area contributed by atoms with Crippen LogP contribution < -0.4 is 19.8 Å². The van der Waals surface area contributed by atoms with Gasteiger partial charge in [-0.25, -0.2) is 0 Å². The fourth-order valence-electron chi connectivity index (χ4n) is 2.69. The highest BCUT2D eigenvalue weighted by Gasteiger charge is 2.17. The molecule has 1 heterocycles. The van der Waals surface area contributed by atoms with Crippen LogP contribution in [-0.2, 0) is 4.79 Å². The van der Waals surface area contributed by atoms with Crippen LogP contribution in [0.5, 0.6) is 17.2 Å². The molecule has 0 aliphatic rings. The molecule has 150 valence electrons. The van der Waals surface area contributed by atoms with Gasteiger partial charge in [-0.2, -0.15) is 0 Å². The molecule has 0 aliphatic heterocycles.